The smallest absolute Gasteiger partial charge is 0.381 e. The molecule has 0 radical (unpaired) electrons. The fourth-order valence-corrected chi connectivity index (χ4v) is 7.12. The number of likely N-dealkylation sites (tertiary alicyclic amines) is 1. The van der Waals surface area contributed by atoms with Gasteiger partial charge in [-0.05, 0) is 67.2 Å². The Labute approximate surface area is 231 Å². The van der Waals surface area contributed by atoms with Gasteiger partial charge in [0.05, 0.1) is 12.1 Å². The van der Waals surface area contributed by atoms with E-state index in [9.17, 15) is 22.8 Å². The lowest BCUT2D eigenvalue weighted by Gasteiger charge is -2.31. The minimum atomic E-state index is -4.59. The zero-order valence-electron chi connectivity index (χ0n) is 22.5. The highest BCUT2D eigenvalue weighted by Crippen LogP contribution is 2.39. The van der Waals surface area contributed by atoms with E-state index in [1.54, 1.807) is 0 Å². The van der Waals surface area contributed by atoms with Crippen LogP contribution >= 0.6 is 0 Å². The van der Waals surface area contributed by atoms with Gasteiger partial charge in [0.25, 0.3) is 5.56 Å². The van der Waals surface area contributed by atoms with Crippen molar-refractivity contribution in [3.63, 3.8) is 0 Å². The van der Waals surface area contributed by atoms with Gasteiger partial charge in [-0.1, -0.05) is 0 Å². The van der Waals surface area contributed by atoms with Crippen molar-refractivity contribution < 1.29 is 22.7 Å². The molecule has 11 heteroatoms. The monoisotopic (exact) mass is 559 g/mol. The van der Waals surface area contributed by atoms with Crippen molar-refractivity contribution in [1.82, 2.24) is 24.7 Å². The third kappa shape index (κ3) is 5.82. The summed E-state index contributed by atoms with van der Waals surface area (Å²) < 4.78 is 46.7. The SMILES string of the molecule is O=C(CN1CCn2c(cc(C(F)(F)F)cc2=O)C1)NC1CN(C2CCOCC2)C[C@@H]1CC1CCc2ccncc21. The first-order chi connectivity index (χ1) is 19.2. The molecule has 216 valence electrons. The summed E-state index contributed by atoms with van der Waals surface area (Å²) >= 11 is 0. The molecule has 40 heavy (non-hydrogen) atoms. The van der Waals surface area contributed by atoms with Crippen molar-refractivity contribution >= 4 is 5.91 Å². The molecule has 0 saturated carbocycles. The van der Waals surface area contributed by atoms with Gasteiger partial charge in [-0.25, -0.2) is 0 Å². The topological polar surface area (TPSA) is 79.7 Å². The molecule has 3 aliphatic heterocycles. The van der Waals surface area contributed by atoms with Crippen LogP contribution in [0.4, 0.5) is 13.2 Å². The molecular weight excluding hydrogens is 523 g/mol. The van der Waals surface area contributed by atoms with E-state index >= 15 is 0 Å². The molecule has 5 heterocycles. The van der Waals surface area contributed by atoms with Crippen molar-refractivity contribution in [3.8, 4) is 0 Å². The minimum absolute atomic E-state index is 0.00703. The van der Waals surface area contributed by atoms with Gasteiger partial charge in [0.15, 0.2) is 0 Å². The van der Waals surface area contributed by atoms with Crippen LogP contribution in [0.1, 0.15) is 54.0 Å². The van der Waals surface area contributed by atoms with Gasteiger partial charge in [-0.3, -0.25) is 24.4 Å². The summed E-state index contributed by atoms with van der Waals surface area (Å²) in [5, 5.41) is 3.30. The standard InChI is InChI=1S/C29H36F3N5O3/c30-29(31,32)22-12-24-16-35(7-8-37(24)28(39)13-22)18-27(38)34-26-17-36(23-4-9-40-10-5-23)15-21(26)11-20-2-1-19-3-6-33-14-25(19)20/h3,6,12-14,20-21,23,26H,1-2,4-5,7-11,15-18H2,(H,34,38)/t20?,21-,26?/m0/s1. The van der Waals surface area contributed by atoms with Gasteiger partial charge in [0.1, 0.15) is 0 Å². The van der Waals surface area contributed by atoms with Gasteiger partial charge >= 0.3 is 6.18 Å². The number of carbonyl (C=O) groups excluding carboxylic acids is 1. The predicted octanol–water partition coefficient (Wildman–Crippen LogP) is 2.79. The number of amides is 1. The van der Waals surface area contributed by atoms with Gasteiger partial charge in [-0.15, -0.1) is 0 Å². The summed E-state index contributed by atoms with van der Waals surface area (Å²) in [5.41, 5.74) is 1.40. The molecule has 0 aromatic carbocycles. The molecule has 2 unspecified atom stereocenters. The van der Waals surface area contributed by atoms with E-state index in [1.165, 1.54) is 15.7 Å². The van der Waals surface area contributed by atoms with Gasteiger partial charge in [0, 0.05) is 82.2 Å². The molecule has 6 rings (SSSR count). The fraction of sp³-hybridized carbons (Fsp3) is 0.621. The van der Waals surface area contributed by atoms with E-state index in [0.717, 1.165) is 64.5 Å². The number of nitrogens with one attached hydrogen (secondary N) is 1. The lowest BCUT2D eigenvalue weighted by molar-refractivity contribution is -0.138. The average molecular weight is 560 g/mol. The lowest BCUT2D eigenvalue weighted by Crippen LogP contribution is -2.48. The normalized spacial score (nSPS) is 26.0. The van der Waals surface area contributed by atoms with Crippen molar-refractivity contribution in [2.75, 3.05) is 39.4 Å². The van der Waals surface area contributed by atoms with Crippen molar-refractivity contribution in [1.29, 1.82) is 0 Å². The highest BCUT2D eigenvalue weighted by atomic mass is 19.4. The summed E-state index contributed by atoms with van der Waals surface area (Å²) in [5.74, 6) is 0.612. The van der Waals surface area contributed by atoms with E-state index in [1.807, 2.05) is 17.3 Å². The zero-order chi connectivity index (χ0) is 27.9. The third-order valence-electron chi connectivity index (χ3n) is 9.19. The van der Waals surface area contributed by atoms with Crippen LogP contribution in [-0.4, -0.2) is 76.7 Å². The maximum atomic E-state index is 13.3. The van der Waals surface area contributed by atoms with Crippen LogP contribution in [0, 0.1) is 5.92 Å². The molecule has 1 amide bonds. The van der Waals surface area contributed by atoms with Gasteiger partial charge in [-0.2, -0.15) is 13.2 Å². The van der Waals surface area contributed by atoms with E-state index in [2.05, 4.69) is 21.3 Å². The predicted molar refractivity (Wildman–Crippen MR) is 142 cm³/mol. The Balaban J connectivity index is 1.12. The molecular formula is C29H36F3N5O3. The molecule has 1 aliphatic carbocycles. The highest BCUT2D eigenvalue weighted by Gasteiger charge is 2.40. The molecule has 2 fully saturated rings. The van der Waals surface area contributed by atoms with Crippen LogP contribution < -0.4 is 10.9 Å². The Kier molecular flexibility index (Phi) is 7.71. The Hall–Kier alpha value is -2.76. The molecule has 0 bridgehead atoms. The first-order valence-corrected chi connectivity index (χ1v) is 14.3. The maximum absolute atomic E-state index is 13.3. The number of aromatic nitrogens is 2. The number of halogens is 3. The molecule has 4 aliphatic rings. The molecule has 2 saturated heterocycles. The molecule has 3 atom stereocenters. The first-order valence-electron chi connectivity index (χ1n) is 14.3. The Bertz CT molecular complexity index is 1290. The van der Waals surface area contributed by atoms with Crippen LogP contribution in [0.15, 0.2) is 35.4 Å². The third-order valence-corrected chi connectivity index (χ3v) is 9.19. The molecule has 2 aromatic rings. The Morgan fingerprint density at radius 3 is 2.75 bits per heavy atom. The van der Waals surface area contributed by atoms with Gasteiger partial charge < -0.3 is 14.6 Å². The van der Waals surface area contributed by atoms with Crippen LogP contribution in [0.5, 0.6) is 0 Å². The van der Waals surface area contributed by atoms with Crippen molar-refractivity contribution in [2.45, 2.75) is 69.4 Å². The second-order valence-electron chi connectivity index (χ2n) is 11.7. The second kappa shape index (κ2) is 11.3. The van der Waals surface area contributed by atoms with Crippen LogP contribution in [0.25, 0.3) is 0 Å². The number of hydrogen-bond donors (Lipinski definition) is 1. The highest BCUT2D eigenvalue weighted by molar-refractivity contribution is 5.78. The zero-order valence-corrected chi connectivity index (χ0v) is 22.5. The molecule has 8 nitrogen and oxygen atoms in total. The van der Waals surface area contributed by atoms with E-state index in [0.29, 0.717) is 30.5 Å². The number of fused-ring (bicyclic) bond motifs is 2. The van der Waals surface area contributed by atoms with Crippen LogP contribution in [-0.2, 0) is 35.2 Å². The fourth-order valence-electron chi connectivity index (χ4n) is 7.12. The largest absolute Gasteiger partial charge is 0.416 e. The summed E-state index contributed by atoms with van der Waals surface area (Å²) in [6.07, 6.45) is 4.41. The number of aryl methyl sites for hydroxylation is 1. The Morgan fingerprint density at radius 1 is 1.12 bits per heavy atom. The van der Waals surface area contributed by atoms with Crippen molar-refractivity contribution in [2.24, 2.45) is 5.92 Å². The molecule has 1 N–H and O–H groups in total. The summed E-state index contributed by atoms with van der Waals surface area (Å²) in [7, 11) is 0. The van der Waals surface area contributed by atoms with E-state index in [-0.39, 0.29) is 37.3 Å². The quantitative estimate of drug-likeness (QED) is 0.587. The number of hydrogen-bond acceptors (Lipinski definition) is 6. The number of carbonyl (C=O) groups is 1. The average Bonchev–Trinajstić information content (AvgIpc) is 3.52. The first kappa shape index (κ1) is 27.4. The number of nitrogens with zero attached hydrogens (tertiary/aromatic N) is 4. The molecule has 2 aromatic heterocycles. The number of rotatable bonds is 6. The number of pyridine rings is 2. The summed E-state index contributed by atoms with van der Waals surface area (Å²) in [6, 6.07) is 4.25. The lowest BCUT2D eigenvalue weighted by atomic mass is 9.88. The van der Waals surface area contributed by atoms with E-state index in [4.69, 9.17) is 4.74 Å². The van der Waals surface area contributed by atoms with Crippen LogP contribution in [0.3, 0.4) is 0 Å². The van der Waals surface area contributed by atoms with Crippen molar-refractivity contribution in [3.05, 3.63) is 63.3 Å². The Morgan fingerprint density at radius 2 is 1.95 bits per heavy atom. The summed E-state index contributed by atoms with van der Waals surface area (Å²) in [6.45, 7) is 4.16. The van der Waals surface area contributed by atoms with Crippen LogP contribution in [0.2, 0.25) is 0 Å². The second-order valence-corrected chi connectivity index (χ2v) is 11.7. The maximum Gasteiger partial charge on any atom is 0.416 e. The molecule has 0 spiro atoms. The number of ether oxygens (including phenoxy) is 1. The minimum Gasteiger partial charge on any atom is -0.381 e. The number of alkyl halides is 3. The summed E-state index contributed by atoms with van der Waals surface area (Å²) in [4.78, 5) is 34.2. The van der Waals surface area contributed by atoms with E-state index < -0.39 is 17.3 Å². The van der Waals surface area contributed by atoms with Gasteiger partial charge in [0.2, 0.25) is 5.91 Å².